The van der Waals surface area contributed by atoms with Crippen molar-refractivity contribution in [1.82, 2.24) is 4.90 Å². The second kappa shape index (κ2) is 4.69. The normalized spacial score (nSPS) is 43.6. The molecule has 3 atom stereocenters. The third-order valence-corrected chi connectivity index (χ3v) is 6.59. The van der Waals surface area contributed by atoms with Crippen LogP contribution in [0.2, 0.25) is 0 Å². The smallest absolute Gasteiger partial charge is 0.0690 e. The molecule has 0 radical (unpaired) electrons. The van der Waals surface area contributed by atoms with E-state index >= 15 is 0 Å². The molecule has 3 aliphatic rings. The molecule has 3 rings (SSSR count). The highest BCUT2D eigenvalue weighted by Crippen LogP contribution is 2.57. The molecule has 3 fully saturated rings. The lowest BCUT2D eigenvalue weighted by Gasteiger charge is -2.67. The molecule has 20 heavy (non-hydrogen) atoms. The maximum atomic E-state index is 6.91. The van der Waals surface area contributed by atoms with Gasteiger partial charge in [0.1, 0.15) is 0 Å². The van der Waals surface area contributed by atoms with Crippen molar-refractivity contribution in [3.63, 3.8) is 0 Å². The van der Waals surface area contributed by atoms with E-state index in [1.165, 1.54) is 38.8 Å². The highest BCUT2D eigenvalue weighted by atomic mass is 16.5. The van der Waals surface area contributed by atoms with Crippen LogP contribution in [0, 0.1) is 16.7 Å². The van der Waals surface area contributed by atoms with Crippen LogP contribution in [-0.2, 0) is 4.74 Å². The van der Waals surface area contributed by atoms with Gasteiger partial charge in [-0.05, 0) is 44.2 Å². The molecule has 0 aromatic carbocycles. The summed E-state index contributed by atoms with van der Waals surface area (Å²) in [5.74, 6) is 0.571. The van der Waals surface area contributed by atoms with Crippen LogP contribution in [0.1, 0.15) is 53.4 Å². The molecule has 3 unspecified atom stereocenters. The molecule has 1 saturated carbocycles. The highest BCUT2D eigenvalue weighted by Gasteiger charge is 2.66. The zero-order chi connectivity index (χ0) is 14.6. The molecule has 2 aliphatic heterocycles. The fourth-order valence-electron chi connectivity index (χ4n) is 4.67. The number of nitrogens with zero attached hydrogens (tertiary/aromatic N) is 1. The largest absolute Gasteiger partial charge is 0.377 e. The predicted molar refractivity (Wildman–Crippen MR) is 82.6 cm³/mol. The van der Waals surface area contributed by atoms with E-state index in [0.717, 1.165) is 13.2 Å². The number of likely N-dealkylation sites (tertiary alicyclic amines) is 1. The van der Waals surface area contributed by atoms with Gasteiger partial charge in [-0.3, -0.25) is 0 Å². The number of hydrogen-bond acceptors (Lipinski definition) is 3. The lowest BCUT2D eigenvalue weighted by Crippen LogP contribution is -2.80. The third kappa shape index (κ3) is 2.13. The molecule has 2 heterocycles. The van der Waals surface area contributed by atoms with Gasteiger partial charge in [0.2, 0.25) is 0 Å². The lowest BCUT2D eigenvalue weighted by molar-refractivity contribution is -0.233. The SMILES string of the molecule is CC1(C)CCN(CC2(N)C3CCCOC3C2(C)C)CC1. The van der Waals surface area contributed by atoms with Crippen LogP contribution in [0.15, 0.2) is 0 Å². The van der Waals surface area contributed by atoms with Crippen molar-refractivity contribution in [1.29, 1.82) is 0 Å². The van der Waals surface area contributed by atoms with E-state index in [2.05, 4.69) is 32.6 Å². The quantitative estimate of drug-likeness (QED) is 0.845. The summed E-state index contributed by atoms with van der Waals surface area (Å²) in [7, 11) is 0. The second-order valence-electron chi connectivity index (χ2n) is 8.74. The molecule has 0 amide bonds. The summed E-state index contributed by atoms with van der Waals surface area (Å²) >= 11 is 0. The summed E-state index contributed by atoms with van der Waals surface area (Å²) in [5, 5.41) is 0. The number of fused-ring (bicyclic) bond motifs is 1. The Balaban J connectivity index is 1.67. The van der Waals surface area contributed by atoms with Crippen LogP contribution >= 0.6 is 0 Å². The van der Waals surface area contributed by atoms with Crippen LogP contribution in [0.5, 0.6) is 0 Å². The zero-order valence-corrected chi connectivity index (χ0v) is 13.7. The first-order valence-electron chi connectivity index (χ1n) is 8.39. The van der Waals surface area contributed by atoms with Gasteiger partial charge < -0.3 is 15.4 Å². The van der Waals surface area contributed by atoms with Gasteiger partial charge in [0, 0.05) is 30.0 Å². The molecule has 3 nitrogen and oxygen atoms in total. The Hall–Kier alpha value is -0.120. The summed E-state index contributed by atoms with van der Waals surface area (Å²) in [4.78, 5) is 2.61. The Kier molecular flexibility index (Phi) is 3.47. The predicted octanol–water partition coefficient (Wildman–Crippen LogP) is 2.64. The van der Waals surface area contributed by atoms with E-state index in [-0.39, 0.29) is 11.0 Å². The van der Waals surface area contributed by atoms with Gasteiger partial charge in [-0.25, -0.2) is 0 Å². The zero-order valence-electron chi connectivity index (χ0n) is 13.7. The Morgan fingerprint density at radius 1 is 1.15 bits per heavy atom. The summed E-state index contributed by atoms with van der Waals surface area (Å²) < 4.78 is 6.01. The Bertz CT molecular complexity index is 369. The first kappa shape index (κ1) is 14.8. The molecule has 116 valence electrons. The summed E-state index contributed by atoms with van der Waals surface area (Å²) in [6, 6.07) is 0. The van der Waals surface area contributed by atoms with Crippen molar-refractivity contribution in [2.24, 2.45) is 22.5 Å². The maximum absolute atomic E-state index is 6.91. The Morgan fingerprint density at radius 3 is 2.45 bits per heavy atom. The fraction of sp³-hybridized carbons (Fsp3) is 1.00. The van der Waals surface area contributed by atoms with Gasteiger partial charge in [0.25, 0.3) is 0 Å². The van der Waals surface area contributed by atoms with Gasteiger partial charge >= 0.3 is 0 Å². The third-order valence-electron chi connectivity index (χ3n) is 6.59. The molecule has 3 heteroatoms. The van der Waals surface area contributed by atoms with Gasteiger partial charge in [-0.15, -0.1) is 0 Å². The average molecular weight is 280 g/mol. The van der Waals surface area contributed by atoms with Crippen molar-refractivity contribution in [3.05, 3.63) is 0 Å². The fourth-order valence-corrected chi connectivity index (χ4v) is 4.67. The first-order valence-corrected chi connectivity index (χ1v) is 8.39. The van der Waals surface area contributed by atoms with Crippen LogP contribution in [0.4, 0.5) is 0 Å². The first-order chi connectivity index (χ1) is 9.26. The maximum Gasteiger partial charge on any atom is 0.0690 e. The Labute approximate surface area is 124 Å². The monoisotopic (exact) mass is 280 g/mol. The van der Waals surface area contributed by atoms with Gasteiger partial charge in [-0.2, -0.15) is 0 Å². The molecule has 0 aromatic heterocycles. The molecule has 2 N–H and O–H groups in total. The summed E-state index contributed by atoms with van der Waals surface area (Å²) in [6.07, 6.45) is 5.43. The topological polar surface area (TPSA) is 38.5 Å². The number of rotatable bonds is 2. The summed E-state index contributed by atoms with van der Waals surface area (Å²) in [5.41, 5.74) is 7.49. The minimum absolute atomic E-state index is 0.0560. The van der Waals surface area contributed by atoms with Crippen molar-refractivity contribution in [2.45, 2.75) is 65.0 Å². The number of piperidine rings is 1. The highest BCUT2D eigenvalue weighted by molar-refractivity contribution is 5.21. The van der Waals surface area contributed by atoms with Crippen molar-refractivity contribution >= 4 is 0 Å². The molecular weight excluding hydrogens is 248 g/mol. The van der Waals surface area contributed by atoms with E-state index in [1.54, 1.807) is 0 Å². The number of hydrogen-bond donors (Lipinski definition) is 1. The van der Waals surface area contributed by atoms with Crippen LogP contribution < -0.4 is 5.73 Å². The molecule has 0 aromatic rings. The number of nitrogens with two attached hydrogens (primary N) is 1. The average Bonchev–Trinajstić information content (AvgIpc) is 2.41. The molecular formula is C17H32N2O. The lowest BCUT2D eigenvalue weighted by atomic mass is 9.46. The van der Waals surface area contributed by atoms with Crippen molar-refractivity contribution < 1.29 is 4.74 Å². The van der Waals surface area contributed by atoms with Crippen LogP contribution in [0.25, 0.3) is 0 Å². The van der Waals surface area contributed by atoms with Crippen molar-refractivity contribution in [2.75, 3.05) is 26.2 Å². The van der Waals surface area contributed by atoms with Gasteiger partial charge in [-0.1, -0.05) is 27.7 Å². The molecule has 2 saturated heterocycles. The van der Waals surface area contributed by atoms with E-state index < -0.39 is 0 Å². The van der Waals surface area contributed by atoms with Gasteiger partial charge in [0.05, 0.1) is 6.10 Å². The van der Waals surface area contributed by atoms with Crippen LogP contribution in [-0.4, -0.2) is 42.8 Å². The van der Waals surface area contributed by atoms with E-state index in [0.29, 0.717) is 17.4 Å². The molecule has 0 bridgehead atoms. The minimum Gasteiger partial charge on any atom is -0.377 e. The summed E-state index contributed by atoms with van der Waals surface area (Å²) in [6.45, 7) is 13.8. The van der Waals surface area contributed by atoms with E-state index in [1.807, 2.05) is 0 Å². The standard InChI is InChI=1S/C17H32N2O/c1-15(2)7-9-19(10-8-15)12-17(18)13-6-5-11-20-14(13)16(17,3)4/h13-14H,5-12,18H2,1-4H3. The van der Waals surface area contributed by atoms with Crippen molar-refractivity contribution in [3.8, 4) is 0 Å². The molecule has 0 spiro atoms. The number of ether oxygens (including phenoxy) is 1. The van der Waals surface area contributed by atoms with Crippen LogP contribution in [0.3, 0.4) is 0 Å². The van der Waals surface area contributed by atoms with E-state index in [9.17, 15) is 0 Å². The molecule has 1 aliphatic carbocycles. The second-order valence-corrected chi connectivity index (χ2v) is 8.74. The Morgan fingerprint density at radius 2 is 1.80 bits per heavy atom. The minimum atomic E-state index is -0.0560. The van der Waals surface area contributed by atoms with Gasteiger partial charge in [0.15, 0.2) is 0 Å². The van der Waals surface area contributed by atoms with E-state index in [4.69, 9.17) is 10.5 Å².